The largest absolute Gasteiger partial charge is 0.424 e. The van der Waals surface area contributed by atoms with E-state index < -0.39 is 18.3 Å². The lowest BCUT2D eigenvalue weighted by Gasteiger charge is -2.41. The van der Waals surface area contributed by atoms with Gasteiger partial charge in [0, 0.05) is 8.47 Å². The molecule has 3 rings (SSSR count). The summed E-state index contributed by atoms with van der Waals surface area (Å²) in [6, 6.07) is 24.1. The van der Waals surface area contributed by atoms with E-state index in [0.717, 1.165) is 43.5 Å². The summed E-state index contributed by atoms with van der Waals surface area (Å²) >= 11 is 3.78. The Bertz CT molecular complexity index is 1160. The van der Waals surface area contributed by atoms with Crippen molar-refractivity contribution in [3.8, 4) is 0 Å². The molecule has 176 valence electrons. The number of anilines is 1. The van der Waals surface area contributed by atoms with E-state index in [1.807, 2.05) is 73.0 Å². The van der Waals surface area contributed by atoms with E-state index >= 15 is 0 Å². The minimum absolute atomic E-state index is 0.347. The van der Waals surface area contributed by atoms with Crippen LogP contribution in [0.1, 0.15) is 25.8 Å². The molecular formula is C25H30INO3S2Si. The van der Waals surface area contributed by atoms with Crippen molar-refractivity contribution in [1.29, 1.82) is 0 Å². The number of hydrogen-bond acceptors (Lipinski definition) is 4. The molecule has 3 aromatic rings. The van der Waals surface area contributed by atoms with Gasteiger partial charge in [0.05, 0.1) is 11.9 Å². The van der Waals surface area contributed by atoms with Crippen LogP contribution in [0.5, 0.6) is 0 Å². The van der Waals surface area contributed by atoms with Crippen molar-refractivity contribution >= 4 is 68.8 Å². The first-order chi connectivity index (χ1) is 15.5. The molecule has 0 amide bonds. The predicted octanol–water partition coefficient (Wildman–Crippen LogP) is 4.85. The third kappa shape index (κ3) is 6.03. The highest BCUT2D eigenvalue weighted by molar-refractivity contribution is 14.1. The molecule has 33 heavy (non-hydrogen) atoms. The van der Waals surface area contributed by atoms with Gasteiger partial charge in [0.25, 0.3) is 8.32 Å². The first-order valence-electron chi connectivity index (χ1n) is 10.7. The highest BCUT2D eigenvalue weighted by Gasteiger charge is 2.49. The Hall–Kier alpha value is -1.33. The average Bonchev–Trinajstić information content (AvgIpc) is 2.78. The second-order valence-electron chi connectivity index (χ2n) is 8.84. The van der Waals surface area contributed by atoms with Crippen LogP contribution in [0.4, 0.5) is 5.69 Å². The molecule has 4 nitrogen and oxygen atoms in total. The molecule has 0 bridgehead atoms. The molecule has 0 atom stereocenters. The summed E-state index contributed by atoms with van der Waals surface area (Å²) in [7, 11) is -6.41. The predicted molar refractivity (Wildman–Crippen MR) is 152 cm³/mol. The van der Waals surface area contributed by atoms with Gasteiger partial charge in [0.1, 0.15) is 0 Å². The molecule has 0 heterocycles. The topological polar surface area (TPSA) is 66.4 Å². The van der Waals surface area contributed by atoms with Gasteiger partial charge in [-0.15, -0.1) is 11.8 Å². The molecule has 0 radical (unpaired) electrons. The Morgan fingerprint density at radius 1 is 1.00 bits per heavy atom. The zero-order valence-electron chi connectivity index (χ0n) is 19.3. The number of benzene rings is 3. The third-order valence-corrected chi connectivity index (χ3v) is 12.9. The molecule has 0 spiro atoms. The summed E-state index contributed by atoms with van der Waals surface area (Å²) in [5.41, 5.74) is 1.77. The van der Waals surface area contributed by atoms with E-state index in [2.05, 4.69) is 47.2 Å². The third-order valence-electron chi connectivity index (χ3n) is 6.05. The monoisotopic (exact) mass is 611 g/mol. The SMILES string of the molecule is CSc1cc(NS(C)(=O)=O)c(I)cc1CCC(C)(C)[Si](O)(c1ccccc1)c1ccccc1. The van der Waals surface area contributed by atoms with Gasteiger partial charge in [-0.05, 0) is 74.8 Å². The molecule has 0 fully saturated rings. The molecular weight excluding hydrogens is 581 g/mol. The summed E-state index contributed by atoms with van der Waals surface area (Å²) in [5.74, 6) is 0. The molecule has 0 aromatic heterocycles. The Balaban J connectivity index is 1.97. The van der Waals surface area contributed by atoms with Crippen LogP contribution < -0.4 is 15.1 Å². The first kappa shape index (κ1) is 26.3. The van der Waals surface area contributed by atoms with Crippen molar-refractivity contribution in [2.24, 2.45) is 0 Å². The molecule has 0 aliphatic carbocycles. The van der Waals surface area contributed by atoms with Crippen LogP contribution in [0.3, 0.4) is 0 Å². The fraction of sp³-hybridized carbons (Fsp3) is 0.280. The van der Waals surface area contributed by atoms with Crippen LogP contribution in [-0.4, -0.2) is 34.0 Å². The maximum atomic E-state index is 12.4. The molecule has 0 saturated carbocycles. The van der Waals surface area contributed by atoms with Crippen LogP contribution in [0.2, 0.25) is 5.04 Å². The van der Waals surface area contributed by atoms with Crippen molar-refractivity contribution in [2.75, 3.05) is 17.2 Å². The number of aryl methyl sites for hydroxylation is 1. The van der Waals surface area contributed by atoms with Gasteiger partial charge in [0.2, 0.25) is 10.0 Å². The second kappa shape index (κ2) is 10.5. The zero-order valence-corrected chi connectivity index (χ0v) is 24.1. The van der Waals surface area contributed by atoms with Crippen molar-refractivity contribution < 1.29 is 13.2 Å². The summed E-state index contributed by atoms with van der Waals surface area (Å²) < 4.78 is 26.9. The maximum Gasteiger partial charge on any atom is 0.258 e. The Morgan fingerprint density at radius 3 is 1.97 bits per heavy atom. The fourth-order valence-corrected chi connectivity index (χ4v) is 10.0. The second-order valence-corrected chi connectivity index (χ2v) is 16.5. The summed E-state index contributed by atoms with van der Waals surface area (Å²) in [6.07, 6.45) is 4.74. The lowest BCUT2D eigenvalue weighted by atomic mass is 10.0. The average molecular weight is 612 g/mol. The minimum Gasteiger partial charge on any atom is -0.424 e. The molecule has 0 unspecified atom stereocenters. The number of rotatable bonds is 9. The van der Waals surface area contributed by atoms with Crippen LogP contribution in [0.15, 0.2) is 77.7 Å². The van der Waals surface area contributed by atoms with Gasteiger partial charge < -0.3 is 4.80 Å². The Morgan fingerprint density at radius 2 is 1.52 bits per heavy atom. The molecule has 0 aliphatic heterocycles. The van der Waals surface area contributed by atoms with Crippen molar-refractivity contribution in [2.45, 2.75) is 36.6 Å². The highest BCUT2D eigenvalue weighted by atomic mass is 127. The number of thioether (sulfide) groups is 1. The van der Waals surface area contributed by atoms with Crippen LogP contribution >= 0.6 is 34.4 Å². The molecule has 8 heteroatoms. The number of halogens is 1. The van der Waals surface area contributed by atoms with Gasteiger partial charge >= 0.3 is 0 Å². The van der Waals surface area contributed by atoms with Crippen molar-refractivity contribution in [3.05, 3.63) is 81.9 Å². The Kier molecular flexibility index (Phi) is 8.37. The molecule has 3 aromatic carbocycles. The Labute approximate surface area is 216 Å². The van der Waals surface area contributed by atoms with E-state index in [4.69, 9.17) is 0 Å². The fourth-order valence-electron chi connectivity index (χ4n) is 4.19. The van der Waals surface area contributed by atoms with Gasteiger partial charge in [-0.25, -0.2) is 8.42 Å². The molecule has 0 aliphatic rings. The van der Waals surface area contributed by atoms with Crippen LogP contribution in [0, 0.1) is 3.57 Å². The number of sulfonamides is 1. The molecule has 2 N–H and O–H groups in total. The van der Waals surface area contributed by atoms with E-state index in [-0.39, 0.29) is 5.04 Å². The van der Waals surface area contributed by atoms with Gasteiger partial charge in [-0.1, -0.05) is 74.5 Å². The lowest BCUT2D eigenvalue weighted by molar-refractivity contribution is 0.466. The van der Waals surface area contributed by atoms with Crippen molar-refractivity contribution in [3.63, 3.8) is 0 Å². The van der Waals surface area contributed by atoms with Crippen LogP contribution in [0.25, 0.3) is 0 Å². The summed E-state index contributed by atoms with van der Waals surface area (Å²) in [5, 5.41) is 1.67. The van der Waals surface area contributed by atoms with Crippen LogP contribution in [-0.2, 0) is 16.4 Å². The standard InChI is InChI=1S/C25H30INO3S2Si/c1-25(2,33(30,20-11-7-5-8-12-20)21-13-9-6-10-14-21)16-15-19-17-22(26)23(18-24(19)31-3)27-32(4,28)29/h5-14,17-18,27,30H,15-16H2,1-4H3. The lowest BCUT2D eigenvalue weighted by Crippen LogP contribution is -2.65. The highest BCUT2D eigenvalue weighted by Crippen LogP contribution is 2.41. The van der Waals surface area contributed by atoms with Gasteiger partial charge in [-0.3, -0.25) is 4.72 Å². The number of hydrogen-bond donors (Lipinski definition) is 2. The molecule has 0 saturated heterocycles. The first-order valence-corrected chi connectivity index (χ1v) is 16.8. The van der Waals surface area contributed by atoms with Crippen molar-refractivity contribution in [1.82, 2.24) is 0 Å². The minimum atomic E-state index is -3.35. The maximum absolute atomic E-state index is 12.4. The van der Waals surface area contributed by atoms with Gasteiger partial charge in [0.15, 0.2) is 0 Å². The van der Waals surface area contributed by atoms with E-state index in [0.29, 0.717) is 5.69 Å². The normalized spacial score (nSPS) is 12.5. The zero-order chi connectivity index (χ0) is 24.3. The van der Waals surface area contributed by atoms with E-state index in [9.17, 15) is 13.2 Å². The summed E-state index contributed by atoms with van der Waals surface area (Å²) in [6.45, 7) is 4.34. The van der Waals surface area contributed by atoms with Gasteiger partial charge in [-0.2, -0.15) is 0 Å². The van der Waals surface area contributed by atoms with E-state index in [1.165, 1.54) is 0 Å². The smallest absolute Gasteiger partial charge is 0.258 e. The number of nitrogens with one attached hydrogen (secondary N) is 1. The van der Waals surface area contributed by atoms with E-state index in [1.54, 1.807) is 11.8 Å². The quantitative estimate of drug-likeness (QED) is 0.206. The summed E-state index contributed by atoms with van der Waals surface area (Å²) in [4.78, 5) is 13.4.